The first-order valence-corrected chi connectivity index (χ1v) is 7.07. The summed E-state index contributed by atoms with van der Waals surface area (Å²) >= 11 is 9.40. The van der Waals surface area contributed by atoms with Crippen LogP contribution in [0.4, 0.5) is 5.82 Å². The van der Waals surface area contributed by atoms with Gasteiger partial charge in [0.25, 0.3) is 0 Å². The summed E-state index contributed by atoms with van der Waals surface area (Å²) in [6.07, 6.45) is 4.26. The maximum absolute atomic E-state index is 5.89. The van der Waals surface area contributed by atoms with Gasteiger partial charge in [0.15, 0.2) is 0 Å². The summed E-state index contributed by atoms with van der Waals surface area (Å²) in [6.45, 7) is 3.29. The predicted octanol–water partition coefficient (Wildman–Crippen LogP) is 2.93. The van der Waals surface area contributed by atoms with Gasteiger partial charge in [-0.05, 0) is 53.8 Å². The summed E-state index contributed by atoms with van der Waals surface area (Å²) in [5.74, 6) is 1.66. The molecule has 0 spiro atoms. The Balaban J connectivity index is 2.00. The van der Waals surface area contributed by atoms with Gasteiger partial charge in [-0.2, -0.15) is 0 Å². The van der Waals surface area contributed by atoms with Crippen molar-refractivity contribution in [1.82, 2.24) is 10.3 Å². The number of hydrogen-bond donors (Lipinski definition) is 1. The van der Waals surface area contributed by atoms with Crippen molar-refractivity contribution in [2.45, 2.75) is 12.8 Å². The normalized spacial score (nSPS) is 20.3. The van der Waals surface area contributed by atoms with Crippen molar-refractivity contribution >= 4 is 33.3 Å². The minimum absolute atomic E-state index is 0.661. The molecule has 0 saturated carbocycles. The van der Waals surface area contributed by atoms with Crippen molar-refractivity contribution in [3.63, 3.8) is 0 Å². The number of anilines is 1. The molecule has 0 bridgehead atoms. The first-order valence-electron chi connectivity index (χ1n) is 5.89. The third kappa shape index (κ3) is 3.57. The van der Waals surface area contributed by atoms with Gasteiger partial charge in [-0.25, -0.2) is 4.98 Å². The van der Waals surface area contributed by atoms with Crippen LogP contribution in [-0.2, 0) is 0 Å². The molecule has 1 atom stereocenters. The zero-order valence-electron chi connectivity index (χ0n) is 9.92. The van der Waals surface area contributed by atoms with Gasteiger partial charge < -0.3 is 10.2 Å². The summed E-state index contributed by atoms with van der Waals surface area (Å²) in [4.78, 5) is 6.56. The van der Waals surface area contributed by atoms with E-state index in [4.69, 9.17) is 11.6 Å². The molecule has 1 fully saturated rings. The van der Waals surface area contributed by atoms with E-state index < -0.39 is 0 Å². The molecule has 3 nitrogen and oxygen atoms in total. The van der Waals surface area contributed by atoms with Crippen LogP contribution in [0.25, 0.3) is 0 Å². The van der Waals surface area contributed by atoms with Gasteiger partial charge in [0.2, 0.25) is 0 Å². The lowest BCUT2D eigenvalue weighted by Crippen LogP contribution is -2.37. The van der Waals surface area contributed by atoms with Crippen molar-refractivity contribution in [2.75, 3.05) is 31.6 Å². The van der Waals surface area contributed by atoms with Gasteiger partial charge in [-0.15, -0.1) is 0 Å². The maximum Gasteiger partial charge on any atom is 0.142 e. The molecule has 2 heterocycles. The van der Waals surface area contributed by atoms with Crippen LogP contribution in [0, 0.1) is 5.92 Å². The number of nitrogens with one attached hydrogen (secondary N) is 1. The second-order valence-electron chi connectivity index (χ2n) is 4.55. The Morgan fingerprint density at radius 2 is 2.47 bits per heavy atom. The molecule has 1 aromatic rings. The average molecular weight is 319 g/mol. The number of halogens is 2. The van der Waals surface area contributed by atoms with Gasteiger partial charge in [0, 0.05) is 19.8 Å². The highest BCUT2D eigenvalue weighted by Crippen LogP contribution is 2.26. The third-order valence-electron chi connectivity index (χ3n) is 3.08. The number of nitrogens with zero attached hydrogens (tertiary/aromatic N) is 2. The lowest BCUT2D eigenvalue weighted by Gasteiger charge is -2.28. The minimum atomic E-state index is 0.661. The summed E-state index contributed by atoms with van der Waals surface area (Å²) < 4.78 is 0.955. The topological polar surface area (TPSA) is 28.2 Å². The second-order valence-corrected chi connectivity index (χ2v) is 5.84. The van der Waals surface area contributed by atoms with Crippen LogP contribution in [-0.4, -0.2) is 31.7 Å². The summed E-state index contributed by atoms with van der Waals surface area (Å²) in [6, 6.07) is 1.89. The molecule has 0 aliphatic carbocycles. The Kier molecular flexibility index (Phi) is 4.65. The molecule has 1 aromatic heterocycles. The van der Waals surface area contributed by atoms with E-state index in [9.17, 15) is 0 Å². The second kappa shape index (κ2) is 6.03. The molecule has 94 valence electrons. The molecule has 1 aliphatic rings. The van der Waals surface area contributed by atoms with Crippen molar-refractivity contribution in [3.8, 4) is 0 Å². The van der Waals surface area contributed by atoms with E-state index in [-0.39, 0.29) is 0 Å². The lowest BCUT2D eigenvalue weighted by molar-refractivity contribution is 0.380. The molecule has 1 unspecified atom stereocenters. The fourth-order valence-electron chi connectivity index (χ4n) is 2.24. The Morgan fingerprint density at radius 3 is 3.12 bits per heavy atom. The monoisotopic (exact) mass is 317 g/mol. The fourth-order valence-corrected chi connectivity index (χ4v) is 3.18. The molecular weight excluding hydrogens is 302 g/mol. The van der Waals surface area contributed by atoms with E-state index in [1.165, 1.54) is 12.8 Å². The molecule has 1 N–H and O–H groups in total. The van der Waals surface area contributed by atoms with E-state index in [0.717, 1.165) is 29.9 Å². The van der Waals surface area contributed by atoms with Crippen molar-refractivity contribution in [2.24, 2.45) is 5.92 Å². The zero-order chi connectivity index (χ0) is 12.3. The van der Waals surface area contributed by atoms with Crippen LogP contribution in [0.1, 0.15) is 12.8 Å². The zero-order valence-corrected chi connectivity index (χ0v) is 12.3. The summed E-state index contributed by atoms with van der Waals surface area (Å²) in [5.41, 5.74) is 0. The number of aromatic nitrogens is 1. The van der Waals surface area contributed by atoms with E-state index in [2.05, 4.69) is 38.2 Å². The Bertz CT molecular complexity index is 380. The van der Waals surface area contributed by atoms with Crippen LogP contribution >= 0.6 is 27.5 Å². The number of hydrogen-bond acceptors (Lipinski definition) is 3. The van der Waals surface area contributed by atoms with Gasteiger partial charge >= 0.3 is 0 Å². The van der Waals surface area contributed by atoms with E-state index in [1.54, 1.807) is 6.20 Å². The first-order chi connectivity index (χ1) is 8.16. The summed E-state index contributed by atoms with van der Waals surface area (Å²) in [5, 5.41) is 4.10. The molecule has 17 heavy (non-hydrogen) atoms. The van der Waals surface area contributed by atoms with E-state index in [1.807, 2.05) is 6.07 Å². The summed E-state index contributed by atoms with van der Waals surface area (Å²) in [7, 11) is 2.08. The molecule has 2 rings (SSSR count). The molecule has 0 radical (unpaired) electrons. The van der Waals surface area contributed by atoms with Gasteiger partial charge in [0.05, 0.1) is 9.50 Å². The highest BCUT2D eigenvalue weighted by Gasteiger charge is 2.17. The van der Waals surface area contributed by atoms with E-state index >= 15 is 0 Å². The van der Waals surface area contributed by atoms with Crippen LogP contribution in [0.2, 0.25) is 5.02 Å². The Hall–Kier alpha value is -0.320. The standard InChI is InChI=1S/C12H17BrClN3/c1-17(8-9-3-2-4-15-6-9)12-11(13)5-10(14)7-16-12/h5,7,9,15H,2-4,6,8H2,1H3. The minimum Gasteiger partial charge on any atom is -0.358 e. The smallest absolute Gasteiger partial charge is 0.142 e. The van der Waals surface area contributed by atoms with Crippen molar-refractivity contribution in [3.05, 3.63) is 21.8 Å². The van der Waals surface area contributed by atoms with Gasteiger partial charge in [0.1, 0.15) is 5.82 Å². The number of pyridine rings is 1. The SMILES string of the molecule is CN(CC1CCCNC1)c1ncc(Cl)cc1Br. The molecule has 0 amide bonds. The fraction of sp³-hybridized carbons (Fsp3) is 0.583. The largest absolute Gasteiger partial charge is 0.358 e. The Labute approximate surface area is 116 Å². The van der Waals surface area contributed by atoms with Crippen LogP contribution in [0.15, 0.2) is 16.7 Å². The molecule has 1 aliphatic heterocycles. The average Bonchev–Trinajstić information content (AvgIpc) is 2.30. The van der Waals surface area contributed by atoms with Crippen LogP contribution < -0.4 is 10.2 Å². The van der Waals surface area contributed by atoms with Gasteiger partial charge in [-0.1, -0.05) is 11.6 Å². The highest BCUT2D eigenvalue weighted by molar-refractivity contribution is 9.10. The van der Waals surface area contributed by atoms with Crippen LogP contribution in [0.5, 0.6) is 0 Å². The number of rotatable bonds is 3. The van der Waals surface area contributed by atoms with Crippen molar-refractivity contribution < 1.29 is 0 Å². The highest BCUT2D eigenvalue weighted by atomic mass is 79.9. The Morgan fingerprint density at radius 1 is 1.65 bits per heavy atom. The molecular formula is C12H17BrClN3. The third-order valence-corrected chi connectivity index (χ3v) is 3.87. The molecule has 5 heteroatoms. The number of piperidine rings is 1. The quantitative estimate of drug-likeness (QED) is 0.929. The first kappa shape index (κ1) is 13.1. The maximum atomic E-state index is 5.89. The lowest BCUT2D eigenvalue weighted by atomic mass is 9.99. The van der Waals surface area contributed by atoms with E-state index in [0.29, 0.717) is 10.9 Å². The van der Waals surface area contributed by atoms with Crippen molar-refractivity contribution in [1.29, 1.82) is 0 Å². The molecule has 1 saturated heterocycles. The van der Waals surface area contributed by atoms with Gasteiger partial charge in [-0.3, -0.25) is 0 Å². The predicted molar refractivity (Wildman–Crippen MR) is 75.8 cm³/mol. The molecule has 0 aromatic carbocycles. The van der Waals surface area contributed by atoms with Crippen LogP contribution in [0.3, 0.4) is 0 Å².